The van der Waals surface area contributed by atoms with E-state index in [0.29, 0.717) is 24.8 Å². The number of nitrogens with one attached hydrogen (secondary N) is 1. The Labute approximate surface area is 223 Å². The lowest BCUT2D eigenvalue weighted by Crippen LogP contribution is -2.50. The lowest BCUT2D eigenvalue weighted by atomic mass is 9.79. The summed E-state index contributed by atoms with van der Waals surface area (Å²) in [6, 6.07) is 8.02. The van der Waals surface area contributed by atoms with Gasteiger partial charge in [-0.05, 0) is 98.3 Å². The Balaban J connectivity index is 1.13. The standard InChI is InChI=1S/C28H32FN5O3S/c29-21-7-9-22(10-8-21)37-16-18-2-1-13-34(15-18)28(38(35)36)20-5-3-19(4-6-20)26-25-23-11-12-30-27(23)31-14-24(25)32-17-33-26/h7-12,14,17-20,28H,1-6,13,15-16H2,(H,32,33)(H,35,36)/p-1. The third-order valence-electron chi connectivity index (χ3n) is 8.20. The molecule has 1 aromatic carbocycles. The molecule has 3 atom stereocenters. The van der Waals surface area contributed by atoms with Gasteiger partial charge in [-0.25, -0.2) is 19.3 Å². The zero-order valence-corrected chi connectivity index (χ0v) is 21.9. The molecule has 38 heavy (non-hydrogen) atoms. The minimum absolute atomic E-state index is 0.0942. The predicted molar refractivity (Wildman–Crippen MR) is 143 cm³/mol. The van der Waals surface area contributed by atoms with E-state index in [2.05, 4.69) is 24.8 Å². The van der Waals surface area contributed by atoms with E-state index in [9.17, 15) is 13.2 Å². The highest BCUT2D eigenvalue weighted by atomic mass is 32.2. The van der Waals surface area contributed by atoms with Crippen LogP contribution in [0.25, 0.3) is 21.9 Å². The molecule has 2 fully saturated rings. The maximum atomic E-state index is 13.2. The third kappa shape index (κ3) is 5.17. The van der Waals surface area contributed by atoms with Gasteiger partial charge in [0, 0.05) is 35.1 Å². The monoisotopic (exact) mass is 536 g/mol. The molecular formula is C28H31FN5O3S-. The van der Waals surface area contributed by atoms with Crippen LogP contribution in [-0.4, -0.2) is 58.7 Å². The Morgan fingerprint density at radius 2 is 1.92 bits per heavy atom. The predicted octanol–water partition coefficient (Wildman–Crippen LogP) is 4.92. The van der Waals surface area contributed by atoms with Crippen LogP contribution in [0, 0.1) is 17.7 Å². The molecule has 0 bridgehead atoms. The largest absolute Gasteiger partial charge is 0.771 e. The molecule has 0 radical (unpaired) electrons. The Hall–Kier alpha value is -2.95. The first-order valence-corrected chi connectivity index (χ1v) is 14.5. The van der Waals surface area contributed by atoms with Gasteiger partial charge in [-0.1, -0.05) is 0 Å². The Morgan fingerprint density at radius 1 is 1.11 bits per heavy atom. The number of H-pyrrole nitrogens is 1. The molecule has 1 aliphatic carbocycles. The first kappa shape index (κ1) is 25.3. The number of piperidine rings is 1. The van der Waals surface area contributed by atoms with Gasteiger partial charge in [0.1, 0.15) is 11.6 Å². The van der Waals surface area contributed by atoms with E-state index in [1.807, 2.05) is 6.07 Å². The number of aromatic amines is 1. The second-order valence-corrected chi connectivity index (χ2v) is 11.6. The van der Waals surface area contributed by atoms with Crippen LogP contribution in [0.1, 0.15) is 50.1 Å². The van der Waals surface area contributed by atoms with E-state index in [1.165, 1.54) is 12.1 Å². The van der Waals surface area contributed by atoms with Gasteiger partial charge in [-0.2, -0.15) is 0 Å². The van der Waals surface area contributed by atoms with Crippen molar-refractivity contribution in [3.05, 3.63) is 60.6 Å². The fourth-order valence-electron chi connectivity index (χ4n) is 6.38. The number of ether oxygens (including phenoxy) is 1. The summed E-state index contributed by atoms with van der Waals surface area (Å²) >= 11 is -2.19. The molecule has 1 saturated carbocycles. The molecule has 200 valence electrons. The van der Waals surface area contributed by atoms with Gasteiger partial charge < -0.3 is 14.3 Å². The van der Waals surface area contributed by atoms with Gasteiger partial charge in [-0.15, -0.1) is 0 Å². The average molecular weight is 537 g/mol. The van der Waals surface area contributed by atoms with Crippen molar-refractivity contribution in [1.82, 2.24) is 24.8 Å². The van der Waals surface area contributed by atoms with E-state index < -0.39 is 16.5 Å². The number of halogens is 1. The summed E-state index contributed by atoms with van der Waals surface area (Å²) in [5, 5.41) is 1.59. The molecule has 0 spiro atoms. The number of pyridine rings is 1. The van der Waals surface area contributed by atoms with Gasteiger partial charge in [0.2, 0.25) is 0 Å². The van der Waals surface area contributed by atoms with Crippen LogP contribution in [0.4, 0.5) is 4.39 Å². The van der Waals surface area contributed by atoms with Crippen molar-refractivity contribution in [2.24, 2.45) is 11.8 Å². The number of rotatable bonds is 7. The zero-order valence-electron chi connectivity index (χ0n) is 21.1. The summed E-state index contributed by atoms with van der Waals surface area (Å²) in [7, 11) is 0. The van der Waals surface area contributed by atoms with Crippen molar-refractivity contribution < 1.29 is 17.9 Å². The molecular weight excluding hydrogens is 505 g/mol. The van der Waals surface area contributed by atoms with E-state index in [0.717, 1.165) is 72.7 Å². The van der Waals surface area contributed by atoms with E-state index >= 15 is 0 Å². The molecule has 6 rings (SSSR count). The minimum Gasteiger partial charge on any atom is -0.771 e. The summed E-state index contributed by atoms with van der Waals surface area (Å²) in [5.74, 6) is 0.979. The minimum atomic E-state index is -2.19. The molecule has 2 aliphatic rings. The molecule has 4 heterocycles. The number of hydrogen-bond donors (Lipinski definition) is 1. The average Bonchev–Trinajstić information content (AvgIpc) is 3.42. The van der Waals surface area contributed by atoms with E-state index in [4.69, 9.17) is 4.74 Å². The maximum absolute atomic E-state index is 13.2. The smallest absolute Gasteiger partial charge is 0.159 e. The topological polar surface area (TPSA) is 107 Å². The van der Waals surface area contributed by atoms with Crippen LogP contribution >= 0.6 is 0 Å². The van der Waals surface area contributed by atoms with Crippen LogP contribution in [0.3, 0.4) is 0 Å². The summed E-state index contributed by atoms with van der Waals surface area (Å²) in [6.07, 6.45) is 10.7. The van der Waals surface area contributed by atoms with Crippen LogP contribution in [0.5, 0.6) is 5.75 Å². The zero-order chi connectivity index (χ0) is 26.1. The van der Waals surface area contributed by atoms with Crippen molar-refractivity contribution >= 4 is 33.0 Å². The van der Waals surface area contributed by atoms with E-state index in [-0.39, 0.29) is 17.7 Å². The van der Waals surface area contributed by atoms with Gasteiger partial charge >= 0.3 is 0 Å². The Kier molecular flexibility index (Phi) is 7.36. The second kappa shape index (κ2) is 11.0. The first-order chi connectivity index (χ1) is 18.6. The SMILES string of the molecule is O=S([O-])C(C1CCC(c2[nH]cnc3cnc4nccc4c23)CC1)N1CCCC(COc2ccc(F)cc2)C1. The molecule has 1 aliphatic heterocycles. The fourth-order valence-corrected chi connectivity index (χ4v) is 7.40. The summed E-state index contributed by atoms with van der Waals surface area (Å²) < 4.78 is 44.1. The number of likely N-dealkylation sites (tertiary alicyclic amines) is 1. The summed E-state index contributed by atoms with van der Waals surface area (Å²) in [4.78, 5) is 18.8. The first-order valence-electron chi connectivity index (χ1n) is 13.3. The molecule has 3 aromatic heterocycles. The quantitative estimate of drug-likeness (QED) is 0.334. The normalized spacial score (nSPS) is 24.4. The van der Waals surface area contributed by atoms with Crippen molar-refractivity contribution in [3.8, 4) is 5.75 Å². The van der Waals surface area contributed by atoms with Gasteiger partial charge in [0.15, 0.2) is 5.65 Å². The lowest BCUT2D eigenvalue weighted by Gasteiger charge is -2.44. The maximum Gasteiger partial charge on any atom is 0.159 e. The van der Waals surface area contributed by atoms with Crippen LogP contribution < -0.4 is 4.74 Å². The van der Waals surface area contributed by atoms with Gasteiger partial charge in [-0.3, -0.25) is 9.11 Å². The fraction of sp³-hybridized carbons (Fsp3) is 0.464. The summed E-state index contributed by atoms with van der Waals surface area (Å²) in [6.45, 7) is 1.97. The van der Waals surface area contributed by atoms with Crippen LogP contribution in [0.15, 0.2) is 49.1 Å². The highest BCUT2D eigenvalue weighted by Crippen LogP contribution is 2.41. The molecule has 4 aromatic rings. The summed E-state index contributed by atoms with van der Waals surface area (Å²) in [5.41, 5.74) is 2.71. The molecule has 8 nitrogen and oxygen atoms in total. The van der Waals surface area contributed by atoms with Crippen LogP contribution in [0.2, 0.25) is 0 Å². The molecule has 3 unspecified atom stereocenters. The number of hydrogen-bond acceptors (Lipinski definition) is 7. The van der Waals surface area contributed by atoms with Crippen molar-refractivity contribution in [2.45, 2.75) is 49.8 Å². The highest BCUT2D eigenvalue weighted by Gasteiger charge is 2.35. The third-order valence-corrected chi connectivity index (χ3v) is 9.27. The van der Waals surface area contributed by atoms with Crippen molar-refractivity contribution in [3.63, 3.8) is 0 Å². The number of fused-ring (bicyclic) bond motifs is 3. The number of aromatic nitrogens is 4. The number of nitrogens with zero attached hydrogens (tertiary/aromatic N) is 4. The van der Waals surface area contributed by atoms with Gasteiger partial charge in [0.05, 0.1) is 30.0 Å². The lowest BCUT2D eigenvalue weighted by molar-refractivity contribution is 0.0874. The Morgan fingerprint density at radius 3 is 2.71 bits per heavy atom. The molecule has 1 N–H and O–H groups in total. The Bertz CT molecular complexity index is 1420. The van der Waals surface area contributed by atoms with E-state index in [1.54, 1.807) is 30.9 Å². The molecule has 1 saturated heterocycles. The van der Waals surface area contributed by atoms with Gasteiger partial charge in [0.25, 0.3) is 0 Å². The number of benzene rings is 1. The highest BCUT2D eigenvalue weighted by molar-refractivity contribution is 7.79. The van der Waals surface area contributed by atoms with Crippen molar-refractivity contribution in [1.29, 1.82) is 0 Å². The molecule has 10 heteroatoms. The second-order valence-electron chi connectivity index (χ2n) is 10.5. The molecule has 0 amide bonds. The van der Waals surface area contributed by atoms with Crippen molar-refractivity contribution in [2.75, 3.05) is 19.7 Å². The van der Waals surface area contributed by atoms with Crippen LogP contribution in [-0.2, 0) is 11.1 Å².